The number of thiocarbonyl (C=S) groups is 1. The highest BCUT2D eigenvalue weighted by molar-refractivity contribution is 9.11. The van der Waals surface area contributed by atoms with E-state index in [0.717, 1.165) is 24.2 Å². The van der Waals surface area contributed by atoms with E-state index in [1.54, 1.807) is 0 Å². The molecule has 1 heterocycles. The van der Waals surface area contributed by atoms with Crippen molar-refractivity contribution < 1.29 is 8.42 Å². The molecule has 0 aliphatic heterocycles. The monoisotopic (exact) mass is 388 g/mol. The Hall–Kier alpha value is 0.270. The van der Waals surface area contributed by atoms with E-state index in [1.807, 2.05) is 0 Å². The van der Waals surface area contributed by atoms with Crippen LogP contribution in [0.25, 0.3) is 0 Å². The largest absolute Gasteiger partial charge is 0.392 e. The van der Waals surface area contributed by atoms with Gasteiger partial charge in [-0.05, 0) is 40.8 Å². The first kappa shape index (κ1) is 14.7. The summed E-state index contributed by atoms with van der Waals surface area (Å²) in [5.41, 5.74) is 5.57. The van der Waals surface area contributed by atoms with Crippen LogP contribution in [0.5, 0.6) is 0 Å². The molecule has 1 fully saturated rings. The molecule has 1 aromatic rings. The summed E-state index contributed by atoms with van der Waals surface area (Å²) in [4.78, 5) is 0.183. The van der Waals surface area contributed by atoms with Crippen molar-refractivity contribution in [1.29, 1.82) is 0 Å². The smallest absolute Gasteiger partial charge is 0.250 e. The molecule has 0 radical (unpaired) electrons. The van der Waals surface area contributed by atoms with Gasteiger partial charge in [-0.1, -0.05) is 23.8 Å². The van der Waals surface area contributed by atoms with Crippen LogP contribution in [0.4, 0.5) is 0 Å². The van der Waals surface area contributed by atoms with Crippen molar-refractivity contribution >= 4 is 66.1 Å². The third-order valence-corrected chi connectivity index (χ3v) is 7.21. The fraction of sp³-hybridized carbons (Fsp3) is 0.444. The number of sulfonamides is 1. The minimum atomic E-state index is -3.62. The molecule has 0 aromatic carbocycles. The maximum absolute atomic E-state index is 12.1. The van der Waals surface area contributed by atoms with E-state index < -0.39 is 16.1 Å². The molecule has 1 unspecified atom stereocenters. The van der Waals surface area contributed by atoms with Gasteiger partial charge in [0.25, 0.3) is 10.0 Å². The summed E-state index contributed by atoms with van der Waals surface area (Å²) in [5, 5.41) is 0.374. The molecule has 4 nitrogen and oxygen atoms in total. The molecule has 0 amide bonds. The average molecular weight is 390 g/mol. The van der Waals surface area contributed by atoms with Crippen LogP contribution in [0.15, 0.2) is 14.1 Å². The summed E-state index contributed by atoms with van der Waals surface area (Å²) in [6, 6.07) is 0.937. The van der Waals surface area contributed by atoms with Crippen molar-refractivity contribution in [3.8, 4) is 0 Å². The fourth-order valence-electron chi connectivity index (χ4n) is 1.50. The molecular formula is C9H10BrClN2O2S3. The van der Waals surface area contributed by atoms with Crippen LogP contribution in [-0.4, -0.2) is 19.4 Å². The lowest BCUT2D eigenvalue weighted by Gasteiger charge is -2.15. The van der Waals surface area contributed by atoms with E-state index in [1.165, 1.54) is 6.07 Å². The molecule has 1 aliphatic carbocycles. The van der Waals surface area contributed by atoms with Gasteiger partial charge in [-0.2, -0.15) is 0 Å². The van der Waals surface area contributed by atoms with Gasteiger partial charge in [0, 0.05) is 0 Å². The second-order valence-electron chi connectivity index (χ2n) is 4.03. The van der Waals surface area contributed by atoms with Crippen LogP contribution in [0.1, 0.15) is 12.8 Å². The molecule has 1 saturated carbocycles. The third kappa shape index (κ3) is 3.23. The Morgan fingerprint density at radius 2 is 2.28 bits per heavy atom. The van der Waals surface area contributed by atoms with Crippen LogP contribution in [0.2, 0.25) is 5.02 Å². The van der Waals surface area contributed by atoms with Crippen LogP contribution in [-0.2, 0) is 10.0 Å². The molecule has 1 aromatic heterocycles. The number of halogens is 2. The Balaban J connectivity index is 2.23. The number of thiophene rings is 1. The van der Waals surface area contributed by atoms with E-state index in [0.29, 0.717) is 8.81 Å². The van der Waals surface area contributed by atoms with Gasteiger partial charge in [0.1, 0.15) is 4.21 Å². The van der Waals surface area contributed by atoms with Gasteiger partial charge in [0.15, 0.2) is 0 Å². The molecule has 3 N–H and O–H groups in total. The van der Waals surface area contributed by atoms with Gasteiger partial charge < -0.3 is 5.73 Å². The van der Waals surface area contributed by atoms with Crippen molar-refractivity contribution in [2.24, 2.45) is 11.7 Å². The molecular weight excluding hydrogens is 380 g/mol. The van der Waals surface area contributed by atoms with Crippen LogP contribution in [0.3, 0.4) is 0 Å². The number of hydrogen-bond donors (Lipinski definition) is 2. The molecule has 0 bridgehead atoms. The van der Waals surface area contributed by atoms with Crippen molar-refractivity contribution in [3.63, 3.8) is 0 Å². The van der Waals surface area contributed by atoms with E-state index in [9.17, 15) is 8.42 Å². The summed E-state index contributed by atoms with van der Waals surface area (Å²) in [6.45, 7) is 0. The van der Waals surface area contributed by atoms with Gasteiger partial charge in [0.05, 0.1) is 19.8 Å². The molecule has 9 heteroatoms. The lowest BCUT2D eigenvalue weighted by atomic mass is 10.2. The Bertz CT molecular complexity index is 563. The first-order valence-corrected chi connectivity index (χ1v) is 8.95. The zero-order chi connectivity index (χ0) is 13.5. The number of nitrogens with one attached hydrogen (secondary N) is 1. The molecule has 1 aliphatic rings. The highest BCUT2D eigenvalue weighted by Gasteiger charge is 2.36. The summed E-state index contributed by atoms with van der Waals surface area (Å²) in [7, 11) is -3.62. The lowest BCUT2D eigenvalue weighted by molar-refractivity contribution is 0.567. The van der Waals surface area contributed by atoms with Gasteiger partial charge in [-0.3, -0.25) is 0 Å². The van der Waals surface area contributed by atoms with E-state index in [2.05, 4.69) is 20.7 Å². The maximum atomic E-state index is 12.1. The van der Waals surface area contributed by atoms with E-state index >= 15 is 0 Å². The molecule has 2 rings (SSSR count). The summed E-state index contributed by atoms with van der Waals surface area (Å²) >= 11 is 15.0. The first-order valence-electron chi connectivity index (χ1n) is 5.08. The molecule has 1 atom stereocenters. The Kier molecular flexibility index (Phi) is 4.35. The molecule has 0 saturated heterocycles. The predicted octanol–water partition coefficient (Wildman–Crippen LogP) is 2.51. The Labute approximate surface area is 128 Å². The summed E-state index contributed by atoms with van der Waals surface area (Å²) < 4.78 is 27.6. The fourth-order valence-corrected chi connectivity index (χ4v) is 5.53. The van der Waals surface area contributed by atoms with Crippen molar-refractivity contribution in [1.82, 2.24) is 4.72 Å². The molecule has 18 heavy (non-hydrogen) atoms. The minimum Gasteiger partial charge on any atom is -0.392 e. The van der Waals surface area contributed by atoms with Gasteiger partial charge in [-0.25, -0.2) is 13.1 Å². The number of rotatable bonds is 5. The second-order valence-corrected chi connectivity index (χ2v) is 9.22. The van der Waals surface area contributed by atoms with Crippen molar-refractivity contribution in [2.75, 3.05) is 0 Å². The first-order chi connectivity index (χ1) is 8.31. The highest BCUT2D eigenvalue weighted by atomic mass is 79.9. The third-order valence-electron chi connectivity index (χ3n) is 2.57. The van der Waals surface area contributed by atoms with E-state index in [-0.39, 0.29) is 15.1 Å². The van der Waals surface area contributed by atoms with Crippen LogP contribution in [0, 0.1) is 5.92 Å². The molecule has 100 valence electrons. The van der Waals surface area contributed by atoms with Crippen molar-refractivity contribution in [3.05, 3.63) is 14.9 Å². The number of nitrogens with two attached hydrogens (primary N) is 1. The van der Waals surface area contributed by atoms with Gasteiger partial charge in [-0.15, -0.1) is 11.3 Å². The van der Waals surface area contributed by atoms with Crippen LogP contribution >= 0.6 is 51.1 Å². The normalized spacial score (nSPS) is 17.7. The van der Waals surface area contributed by atoms with Crippen molar-refractivity contribution in [2.45, 2.75) is 23.1 Å². The topological polar surface area (TPSA) is 72.2 Å². The molecule has 0 spiro atoms. The minimum absolute atomic E-state index is 0.154. The van der Waals surface area contributed by atoms with Gasteiger partial charge in [0.2, 0.25) is 0 Å². The lowest BCUT2D eigenvalue weighted by Crippen LogP contribution is -2.44. The Morgan fingerprint density at radius 1 is 1.67 bits per heavy atom. The quantitative estimate of drug-likeness (QED) is 0.759. The standard InChI is InChI=1S/C9H10BrClN2O2S3/c10-8-5(11)3-6(17-8)18(14,15)13-7(9(12)16)4-1-2-4/h3-4,7,13H,1-2H2,(H2,12,16). The second kappa shape index (κ2) is 5.34. The van der Waals surface area contributed by atoms with E-state index in [4.69, 9.17) is 29.6 Å². The zero-order valence-corrected chi connectivity index (χ0v) is 13.8. The predicted molar refractivity (Wildman–Crippen MR) is 80.6 cm³/mol. The van der Waals surface area contributed by atoms with Crippen LogP contribution < -0.4 is 10.5 Å². The SMILES string of the molecule is NC(=S)C(NS(=O)(=O)c1cc(Cl)c(Br)s1)C1CC1. The van der Waals surface area contributed by atoms with Gasteiger partial charge >= 0.3 is 0 Å². The Morgan fingerprint density at radius 3 is 2.67 bits per heavy atom. The summed E-state index contributed by atoms with van der Waals surface area (Å²) in [6.07, 6.45) is 1.89. The zero-order valence-electron chi connectivity index (χ0n) is 9.02. The highest BCUT2D eigenvalue weighted by Crippen LogP contribution is 2.36. The number of hydrogen-bond acceptors (Lipinski definition) is 4. The summed E-state index contributed by atoms with van der Waals surface area (Å²) in [5.74, 6) is 0.219. The maximum Gasteiger partial charge on any atom is 0.250 e. The average Bonchev–Trinajstić information content (AvgIpc) is 3.03.